The highest BCUT2D eigenvalue weighted by Gasteiger charge is 2.34. The van der Waals surface area contributed by atoms with Gasteiger partial charge in [-0.1, -0.05) is 42.0 Å². The molecule has 0 amide bonds. The maximum Gasteiger partial charge on any atom is 0.310 e. The van der Waals surface area contributed by atoms with Gasteiger partial charge in [0, 0.05) is 16.7 Å². The summed E-state index contributed by atoms with van der Waals surface area (Å²) >= 11 is 6.41. The molecule has 3 rings (SSSR count). The van der Waals surface area contributed by atoms with E-state index in [9.17, 15) is 4.79 Å². The molecule has 0 aromatic heterocycles. The number of aryl methyl sites for hydroxylation is 1. The van der Waals surface area contributed by atoms with Crippen LogP contribution in [0.5, 0.6) is 0 Å². The molecule has 4 nitrogen and oxygen atoms in total. The monoisotopic (exact) mass is 386 g/mol. The van der Waals surface area contributed by atoms with Crippen molar-refractivity contribution in [3.63, 3.8) is 0 Å². The van der Waals surface area contributed by atoms with Gasteiger partial charge in [-0.15, -0.1) is 0 Å². The summed E-state index contributed by atoms with van der Waals surface area (Å²) < 4.78 is 5.45. The summed E-state index contributed by atoms with van der Waals surface area (Å²) in [7, 11) is 0. The predicted molar refractivity (Wildman–Crippen MR) is 110 cm³/mol. The van der Waals surface area contributed by atoms with Crippen molar-refractivity contribution < 1.29 is 9.53 Å². The van der Waals surface area contributed by atoms with Crippen molar-refractivity contribution in [1.82, 2.24) is 5.01 Å². The Morgan fingerprint density at radius 1 is 1.30 bits per heavy atom. The number of rotatable bonds is 4. The summed E-state index contributed by atoms with van der Waals surface area (Å²) in [6.45, 7) is 10.4. The molecule has 1 aliphatic heterocycles. The third-order valence-electron chi connectivity index (χ3n) is 4.82. The highest BCUT2D eigenvalue weighted by molar-refractivity contribution is 6.31. The lowest BCUT2D eigenvalue weighted by Gasteiger charge is -2.28. The van der Waals surface area contributed by atoms with Gasteiger partial charge >= 0.3 is 5.97 Å². The number of hydrogen-bond donors (Lipinski definition) is 0. The van der Waals surface area contributed by atoms with Crippen molar-refractivity contribution in [3.05, 3.63) is 58.1 Å². The van der Waals surface area contributed by atoms with Crippen LogP contribution in [0.1, 0.15) is 45.2 Å². The number of benzene rings is 1. The number of ether oxygens (including phenoxy) is 1. The average molecular weight is 387 g/mol. The molecule has 0 spiro atoms. The first-order valence-electron chi connectivity index (χ1n) is 9.30. The maximum atomic E-state index is 12.2. The fraction of sp³-hybridized carbons (Fsp3) is 0.455. The zero-order chi connectivity index (χ0) is 19.8. The van der Waals surface area contributed by atoms with Crippen molar-refractivity contribution in [2.45, 2.75) is 59.2 Å². The molecular formula is C22H27ClN2O2. The maximum absolute atomic E-state index is 12.2. The average Bonchev–Trinajstić information content (AvgIpc) is 2.85. The smallest absolute Gasteiger partial charge is 0.310 e. The SMILES string of the molecule is CC1=NN(Cc2c(C)cccc2Cl)C2C=C(CC(=O)OC(C)(C)C)C=CC12. The molecule has 27 heavy (non-hydrogen) atoms. The van der Waals surface area contributed by atoms with Gasteiger partial charge in [-0.3, -0.25) is 9.80 Å². The van der Waals surface area contributed by atoms with Gasteiger partial charge in [-0.2, -0.15) is 5.10 Å². The Kier molecular flexibility index (Phi) is 5.48. The lowest BCUT2D eigenvalue weighted by molar-refractivity contribution is -0.153. The van der Waals surface area contributed by atoms with E-state index in [-0.39, 0.29) is 24.3 Å². The zero-order valence-corrected chi connectivity index (χ0v) is 17.4. The van der Waals surface area contributed by atoms with Gasteiger partial charge in [0.05, 0.1) is 19.0 Å². The van der Waals surface area contributed by atoms with E-state index in [1.54, 1.807) is 0 Å². The van der Waals surface area contributed by atoms with Crippen molar-refractivity contribution in [2.75, 3.05) is 0 Å². The number of esters is 1. The molecule has 2 aliphatic rings. The standard InChI is InChI=1S/C22H27ClN2O2/c1-14-7-6-8-19(23)18(14)13-25-20-11-16(9-10-17(20)15(2)24-25)12-21(26)27-22(3,4)5/h6-11,17,20H,12-13H2,1-5H3. The van der Waals surface area contributed by atoms with Crippen LogP contribution in [0.15, 0.2) is 47.1 Å². The quantitative estimate of drug-likeness (QED) is 0.679. The minimum absolute atomic E-state index is 0.100. The van der Waals surface area contributed by atoms with Crippen molar-refractivity contribution in [1.29, 1.82) is 0 Å². The van der Waals surface area contributed by atoms with Gasteiger partial charge in [-0.05, 0) is 57.4 Å². The van der Waals surface area contributed by atoms with Crippen molar-refractivity contribution in [3.8, 4) is 0 Å². The zero-order valence-electron chi connectivity index (χ0n) is 16.6. The van der Waals surface area contributed by atoms with Gasteiger partial charge in [-0.25, -0.2) is 0 Å². The molecule has 0 radical (unpaired) electrons. The summed E-state index contributed by atoms with van der Waals surface area (Å²) in [5, 5.41) is 7.60. The molecular weight excluding hydrogens is 360 g/mol. The highest BCUT2D eigenvalue weighted by Crippen LogP contribution is 2.33. The molecule has 2 atom stereocenters. The summed E-state index contributed by atoms with van der Waals surface area (Å²) in [6, 6.07) is 6.04. The van der Waals surface area contributed by atoms with Crippen molar-refractivity contribution >= 4 is 23.3 Å². The van der Waals surface area contributed by atoms with E-state index >= 15 is 0 Å². The van der Waals surface area contributed by atoms with Crippen LogP contribution in [0, 0.1) is 12.8 Å². The molecule has 144 valence electrons. The normalized spacial score (nSPS) is 21.6. The number of hydrazone groups is 1. The van der Waals surface area contributed by atoms with Crippen LogP contribution in [0.25, 0.3) is 0 Å². The van der Waals surface area contributed by atoms with Gasteiger partial charge in [0.1, 0.15) is 5.60 Å². The minimum atomic E-state index is -0.473. The molecule has 1 aromatic carbocycles. The molecule has 0 saturated carbocycles. The first-order valence-corrected chi connectivity index (χ1v) is 9.68. The van der Waals surface area contributed by atoms with E-state index in [1.165, 1.54) is 0 Å². The Hall–Kier alpha value is -2.07. The molecule has 5 heteroatoms. The molecule has 2 unspecified atom stereocenters. The Morgan fingerprint density at radius 2 is 2.04 bits per heavy atom. The van der Waals surface area contributed by atoms with Gasteiger partial charge in [0.15, 0.2) is 0 Å². The fourth-order valence-electron chi connectivity index (χ4n) is 3.54. The van der Waals surface area contributed by atoms with Crippen LogP contribution in [-0.4, -0.2) is 28.3 Å². The second kappa shape index (κ2) is 7.51. The topological polar surface area (TPSA) is 41.9 Å². The summed E-state index contributed by atoms with van der Waals surface area (Å²) in [4.78, 5) is 12.2. The van der Waals surface area contributed by atoms with Gasteiger partial charge < -0.3 is 4.74 Å². The van der Waals surface area contributed by atoms with Gasteiger partial charge in [0.2, 0.25) is 0 Å². The van der Waals surface area contributed by atoms with Gasteiger partial charge in [0.25, 0.3) is 0 Å². The summed E-state index contributed by atoms with van der Waals surface area (Å²) in [5.74, 6) is 0.0242. The number of fused-ring (bicyclic) bond motifs is 1. The molecule has 1 heterocycles. The first kappa shape index (κ1) is 19.7. The lowest BCUT2D eigenvalue weighted by atomic mass is 9.88. The molecule has 0 N–H and O–H groups in total. The highest BCUT2D eigenvalue weighted by atomic mass is 35.5. The Morgan fingerprint density at radius 3 is 2.70 bits per heavy atom. The second-order valence-electron chi connectivity index (χ2n) is 8.25. The fourth-order valence-corrected chi connectivity index (χ4v) is 3.83. The largest absolute Gasteiger partial charge is 0.460 e. The molecule has 1 aromatic rings. The number of hydrogen-bond acceptors (Lipinski definition) is 4. The van der Waals surface area contributed by atoms with Crippen LogP contribution in [0.4, 0.5) is 0 Å². The molecule has 0 bridgehead atoms. The minimum Gasteiger partial charge on any atom is -0.460 e. The number of allylic oxidation sites excluding steroid dienone is 1. The van der Waals surface area contributed by atoms with E-state index in [2.05, 4.69) is 30.2 Å². The molecule has 0 saturated heterocycles. The van der Waals surface area contributed by atoms with Crippen LogP contribution < -0.4 is 0 Å². The number of halogens is 1. The molecule has 1 aliphatic carbocycles. The van der Waals surface area contributed by atoms with Crippen molar-refractivity contribution in [2.24, 2.45) is 11.0 Å². The van der Waals surface area contributed by atoms with Crippen LogP contribution in [-0.2, 0) is 16.1 Å². The Bertz CT molecular complexity index is 813. The summed E-state index contributed by atoms with van der Waals surface area (Å²) in [5.41, 5.74) is 3.82. The van der Waals surface area contributed by atoms with E-state index in [4.69, 9.17) is 21.4 Å². The third-order valence-corrected chi connectivity index (χ3v) is 5.18. The van der Waals surface area contributed by atoms with Crippen LogP contribution in [0.2, 0.25) is 5.02 Å². The first-order chi connectivity index (χ1) is 12.6. The second-order valence-corrected chi connectivity index (χ2v) is 8.66. The molecule has 0 fully saturated rings. The predicted octanol–water partition coefficient (Wildman–Crippen LogP) is 5.05. The van der Waals surface area contributed by atoms with E-state index < -0.39 is 5.60 Å². The third kappa shape index (κ3) is 4.62. The summed E-state index contributed by atoms with van der Waals surface area (Å²) in [6.07, 6.45) is 6.58. The van der Waals surface area contributed by atoms with E-state index in [0.717, 1.165) is 27.4 Å². The van der Waals surface area contributed by atoms with E-state index in [1.807, 2.05) is 45.9 Å². The number of nitrogens with zero attached hydrogens (tertiary/aromatic N) is 2. The number of carbonyl (C=O) groups excluding carboxylic acids is 1. The number of carbonyl (C=O) groups is 1. The Labute approximate surface area is 166 Å². The lowest BCUT2D eigenvalue weighted by Crippen LogP contribution is -2.32. The Balaban J connectivity index is 1.77. The van der Waals surface area contributed by atoms with E-state index in [0.29, 0.717) is 6.54 Å². The van der Waals surface area contributed by atoms with Crippen LogP contribution >= 0.6 is 11.6 Å². The van der Waals surface area contributed by atoms with Crippen LogP contribution in [0.3, 0.4) is 0 Å².